The van der Waals surface area contributed by atoms with E-state index in [-0.39, 0.29) is 31.3 Å². The summed E-state index contributed by atoms with van der Waals surface area (Å²) < 4.78 is 16.1. The van der Waals surface area contributed by atoms with Gasteiger partial charge < -0.3 is 9.97 Å². The first-order valence-electron chi connectivity index (χ1n) is 22.4. The number of thiophene rings is 1. The van der Waals surface area contributed by atoms with Crippen LogP contribution in [0.15, 0.2) is 128 Å². The van der Waals surface area contributed by atoms with Crippen LogP contribution in [0.1, 0.15) is 80.7 Å². The van der Waals surface area contributed by atoms with Crippen LogP contribution in [0.3, 0.4) is 0 Å². The van der Waals surface area contributed by atoms with E-state index in [0.29, 0.717) is 0 Å². The van der Waals surface area contributed by atoms with Crippen molar-refractivity contribution in [3.63, 3.8) is 0 Å². The maximum atomic E-state index is 13.6. The molecule has 3 aromatic heterocycles. The third-order valence-corrected chi connectivity index (χ3v) is 15.4. The van der Waals surface area contributed by atoms with Crippen molar-refractivity contribution in [3.05, 3.63) is 173 Å². The third-order valence-electron chi connectivity index (χ3n) is 12.2. The summed E-state index contributed by atoms with van der Waals surface area (Å²) in [5, 5.41) is 4.03. The maximum Gasteiger partial charge on any atom is 0.0798 e. The third kappa shape index (κ3) is 11.8. The van der Waals surface area contributed by atoms with Crippen molar-refractivity contribution in [1.82, 2.24) is 9.97 Å². The molecule has 0 aliphatic heterocycles. The largest absolute Gasteiger partial charge is 0.305 e. The molecule has 1 radical (unpaired) electrons. The number of fused-ring (bicyclic) bond motifs is 3. The number of hydrogen-bond donors (Lipinski definition) is 0. The Morgan fingerprint density at radius 1 is 0.698 bits per heavy atom. The van der Waals surface area contributed by atoms with E-state index in [9.17, 15) is 4.39 Å². The molecule has 1 aliphatic rings. The van der Waals surface area contributed by atoms with Crippen LogP contribution in [-0.2, 0) is 39.4 Å². The van der Waals surface area contributed by atoms with Crippen molar-refractivity contribution in [2.24, 2.45) is 11.3 Å². The van der Waals surface area contributed by atoms with Crippen LogP contribution >= 0.6 is 11.3 Å². The molecule has 0 spiro atoms. The topological polar surface area (TPSA) is 25.8 Å². The Bertz CT molecular complexity index is 2810. The quantitative estimate of drug-likeness (QED) is 0.106. The van der Waals surface area contributed by atoms with E-state index in [1.54, 1.807) is 6.07 Å². The van der Waals surface area contributed by atoms with Gasteiger partial charge >= 0.3 is 0 Å². The maximum absolute atomic E-state index is 13.6. The van der Waals surface area contributed by atoms with Crippen molar-refractivity contribution in [2.45, 2.75) is 98.7 Å². The average Bonchev–Trinajstić information content (AvgIpc) is 3.62. The summed E-state index contributed by atoms with van der Waals surface area (Å²) in [4.78, 5) is 9.42. The number of nitrogens with zero attached hydrogens (tertiary/aromatic N) is 2. The number of benzene rings is 5. The molecule has 3 heterocycles. The predicted molar refractivity (Wildman–Crippen MR) is 266 cm³/mol. The van der Waals surface area contributed by atoms with E-state index in [4.69, 9.17) is 4.98 Å². The van der Waals surface area contributed by atoms with Crippen molar-refractivity contribution < 1.29 is 24.5 Å². The van der Waals surface area contributed by atoms with Crippen LogP contribution < -0.4 is 5.19 Å². The van der Waals surface area contributed by atoms with E-state index in [1.165, 1.54) is 109 Å². The molecule has 0 bridgehead atoms. The summed E-state index contributed by atoms with van der Waals surface area (Å²) in [6.45, 7) is 16.2. The van der Waals surface area contributed by atoms with Crippen LogP contribution in [-0.4, -0.2) is 18.0 Å². The van der Waals surface area contributed by atoms with Gasteiger partial charge in [0.25, 0.3) is 0 Å². The van der Waals surface area contributed by atoms with Crippen LogP contribution in [0.25, 0.3) is 53.8 Å². The van der Waals surface area contributed by atoms with E-state index in [2.05, 4.69) is 168 Å². The van der Waals surface area contributed by atoms with Crippen LogP contribution in [0.4, 0.5) is 4.39 Å². The minimum absolute atomic E-state index is 0. The molecular weight excluding hydrogens is 984 g/mol. The molecule has 6 heteroatoms. The fourth-order valence-corrected chi connectivity index (χ4v) is 11.7. The Labute approximate surface area is 393 Å². The molecule has 0 atom stereocenters. The number of aromatic nitrogens is 2. The van der Waals surface area contributed by atoms with Crippen LogP contribution in [0.2, 0.25) is 19.6 Å². The smallest absolute Gasteiger partial charge is 0.0798 e. The first kappa shape index (κ1) is 46.4. The molecule has 1 fully saturated rings. The molecule has 5 aromatic carbocycles. The molecule has 63 heavy (non-hydrogen) atoms. The zero-order chi connectivity index (χ0) is 43.4. The summed E-state index contributed by atoms with van der Waals surface area (Å²) >= 11 is 1.84. The molecule has 0 amide bonds. The van der Waals surface area contributed by atoms with Crippen molar-refractivity contribution in [2.75, 3.05) is 0 Å². The summed E-state index contributed by atoms with van der Waals surface area (Å²) in [6, 6.07) is 46.6. The fourth-order valence-electron chi connectivity index (χ4n) is 8.99. The van der Waals surface area contributed by atoms with Crippen LogP contribution in [0, 0.1) is 36.2 Å². The van der Waals surface area contributed by atoms with E-state index in [1.807, 2.05) is 17.5 Å². The van der Waals surface area contributed by atoms with Gasteiger partial charge in [0.2, 0.25) is 0 Å². The van der Waals surface area contributed by atoms with Crippen molar-refractivity contribution >= 4 is 44.8 Å². The Kier molecular flexibility index (Phi) is 14.8. The summed E-state index contributed by atoms with van der Waals surface area (Å²) in [7, 11) is -1.44. The second-order valence-electron chi connectivity index (χ2n) is 19.6. The molecule has 2 nitrogen and oxygen atoms in total. The van der Waals surface area contributed by atoms with Gasteiger partial charge in [-0.2, -0.15) is 11.3 Å². The second kappa shape index (κ2) is 20.1. The average molecular weight is 1040 g/mol. The Morgan fingerprint density at radius 3 is 2.13 bits per heavy atom. The molecule has 1 aliphatic carbocycles. The first-order chi connectivity index (χ1) is 29.8. The Morgan fingerprint density at radius 2 is 1.40 bits per heavy atom. The van der Waals surface area contributed by atoms with Gasteiger partial charge in [-0.05, 0) is 98.1 Å². The number of pyridine rings is 2. The number of aryl methyl sites for hydroxylation is 1. The molecule has 1 saturated carbocycles. The molecule has 8 aromatic rings. The van der Waals surface area contributed by atoms with Gasteiger partial charge in [0, 0.05) is 43.0 Å². The van der Waals surface area contributed by atoms with E-state index < -0.39 is 8.07 Å². The molecule has 0 saturated heterocycles. The fraction of sp³-hybridized carbons (Fsp3) is 0.298. The first-order valence-corrected chi connectivity index (χ1v) is 26.7. The second-order valence-corrected chi connectivity index (χ2v) is 25.8. The standard InChI is InChI=1S/C36H32NS.C21H27FNSi.Ir/c1-24-23-37-33(20-30(24)22-36(2,3)4)29-14-16-34-32(19-29)31-15-13-28(21-35(31)38-34)27-12-8-11-26(18-27)17-25-9-6-5-7-10-25;1-24(2,3)21-15-23-20(17-10-7-11-19(22)13-17)14-18(21)12-16-8-5-4-6-9-16;/h5-13,15-16,18-21,23H,17,22H2,1-4H3;7,11,13-16H,4-6,8-9,12H2,1-3H3;/q2*-1;. The zero-order valence-electron chi connectivity index (χ0n) is 37.9. The molecule has 9 rings (SSSR count). The van der Waals surface area contributed by atoms with E-state index in [0.717, 1.165) is 47.7 Å². The van der Waals surface area contributed by atoms with Crippen molar-refractivity contribution in [1.29, 1.82) is 0 Å². The minimum Gasteiger partial charge on any atom is -0.305 e. The molecular formula is C57H59FIrN2SSi-2. The summed E-state index contributed by atoms with van der Waals surface area (Å²) in [6.07, 6.45) is 14.0. The number of rotatable bonds is 9. The predicted octanol–water partition coefficient (Wildman–Crippen LogP) is 15.4. The van der Waals surface area contributed by atoms with Gasteiger partial charge in [-0.25, -0.2) is 4.39 Å². The van der Waals surface area contributed by atoms with Gasteiger partial charge in [0.05, 0.1) is 8.07 Å². The normalized spacial score (nSPS) is 13.4. The number of halogens is 1. The van der Waals surface area contributed by atoms with Gasteiger partial charge in [-0.1, -0.05) is 168 Å². The molecule has 0 N–H and O–H groups in total. The molecule has 325 valence electrons. The van der Waals surface area contributed by atoms with Crippen molar-refractivity contribution in [3.8, 4) is 33.6 Å². The molecule has 0 unspecified atom stereocenters. The minimum atomic E-state index is -1.44. The summed E-state index contributed by atoms with van der Waals surface area (Å²) in [5.74, 6) is 0.564. The SMILES string of the molecule is C[Si](C)(C)c1cnc(-c2[c-]ccc(F)c2)cc1CC1CCCCC1.Cc1cnc(-c2[c-]cc3sc4cc(-c5cccc(Cc6ccccc6)c5)ccc4c3c2)cc1CC(C)(C)C.[Ir]. The Balaban J connectivity index is 0.000000206. The van der Waals surface area contributed by atoms with Gasteiger partial charge in [0.1, 0.15) is 0 Å². The Hall–Kier alpha value is -4.58. The van der Waals surface area contributed by atoms with Gasteiger partial charge in [0.15, 0.2) is 0 Å². The van der Waals surface area contributed by atoms with Crippen LogP contribution in [0.5, 0.6) is 0 Å². The van der Waals surface area contributed by atoms with Gasteiger partial charge in [-0.3, -0.25) is 0 Å². The zero-order valence-corrected chi connectivity index (χ0v) is 42.1. The number of hydrogen-bond acceptors (Lipinski definition) is 3. The summed E-state index contributed by atoms with van der Waals surface area (Å²) in [5.41, 5.74) is 13.2. The van der Waals surface area contributed by atoms with E-state index >= 15 is 0 Å². The van der Waals surface area contributed by atoms with Gasteiger partial charge in [-0.15, -0.1) is 53.6 Å². The monoisotopic (exact) mass is 1040 g/mol.